The van der Waals surface area contributed by atoms with Gasteiger partial charge in [0.25, 0.3) is 5.91 Å². The maximum Gasteiger partial charge on any atom is 0.311 e. The summed E-state index contributed by atoms with van der Waals surface area (Å²) in [6.07, 6.45) is 0.0279. The van der Waals surface area contributed by atoms with Crippen molar-refractivity contribution in [2.75, 3.05) is 30.0 Å². The predicted octanol–water partition coefficient (Wildman–Crippen LogP) is 3.27. The molecule has 1 N–H and O–H groups in total. The minimum absolute atomic E-state index is 0.0279. The van der Waals surface area contributed by atoms with Gasteiger partial charge in [0.2, 0.25) is 5.91 Å². The molecule has 0 bridgehead atoms. The van der Waals surface area contributed by atoms with Crippen molar-refractivity contribution in [3.05, 3.63) is 53.6 Å². The molecule has 2 amide bonds. The summed E-state index contributed by atoms with van der Waals surface area (Å²) in [5, 5.41) is 3.16. The number of ether oxygens (including phenoxy) is 2. The molecule has 2 aromatic rings. The highest BCUT2D eigenvalue weighted by Crippen LogP contribution is 2.28. The lowest BCUT2D eigenvalue weighted by molar-refractivity contribution is -0.151. The van der Waals surface area contributed by atoms with Crippen LogP contribution in [0.4, 0.5) is 11.4 Å². The van der Waals surface area contributed by atoms with Crippen LogP contribution in [0.1, 0.15) is 13.3 Å². The van der Waals surface area contributed by atoms with Gasteiger partial charge in [-0.05, 0) is 37.3 Å². The van der Waals surface area contributed by atoms with E-state index in [1.165, 1.54) is 4.90 Å². The van der Waals surface area contributed by atoms with Crippen LogP contribution in [0.5, 0.6) is 5.75 Å². The molecule has 3 rings (SSSR count). The standard InChI is InChI=1S/C21H21ClN2O5/c1-2-28-18-9-4-3-8-17(18)23-19(25)13-29-21(27)14-10-20(26)24(12-14)16-7-5-6-15(22)11-16/h3-9,11,14H,2,10,12-13H2,1H3,(H,23,25). The third-order valence-electron chi connectivity index (χ3n) is 4.38. The Morgan fingerprint density at radius 1 is 1.21 bits per heavy atom. The maximum atomic E-state index is 12.3. The van der Waals surface area contributed by atoms with Crippen LogP contribution in [0.25, 0.3) is 0 Å². The molecule has 1 heterocycles. The van der Waals surface area contributed by atoms with Crippen LogP contribution in [0.3, 0.4) is 0 Å². The summed E-state index contributed by atoms with van der Waals surface area (Å²) < 4.78 is 10.6. The minimum atomic E-state index is -0.634. The van der Waals surface area contributed by atoms with Crippen LogP contribution in [0.15, 0.2) is 48.5 Å². The number of hydrogen-bond acceptors (Lipinski definition) is 5. The zero-order valence-corrected chi connectivity index (χ0v) is 16.6. The first kappa shape index (κ1) is 20.7. The first-order valence-corrected chi connectivity index (χ1v) is 9.60. The Bertz CT molecular complexity index is 917. The van der Waals surface area contributed by atoms with Gasteiger partial charge in [-0.15, -0.1) is 0 Å². The molecule has 0 aromatic heterocycles. The molecule has 152 valence electrons. The fourth-order valence-electron chi connectivity index (χ4n) is 3.05. The highest BCUT2D eigenvalue weighted by Gasteiger charge is 2.36. The van der Waals surface area contributed by atoms with Crippen LogP contribution in [-0.4, -0.2) is 37.5 Å². The number of nitrogens with zero attached hydrogens (tertiary/aromatic N) is 1. The zero-order chi connectivity index (χ0) is 20.8. The Balaban J connectivity index is 1.53. The number of para-hydroxylation sites is 2. The monoisotopic (exact) mass is 416 g/mol. The van der Waals surface area contributed by atoms with Gasteiger partial charge in [-0.2, -0.15) is 0 Å². The Hall–Kier alpha value is -3.06. The van der Waals surface area contributed by atoms with Gasteiger partial charge >= 0.3 is 5.97 Å². The number of carbonyl (C=O) groups is 3. The fourth-order valence-corrected chi connectivity index (χ4v) is 3.24. The van der Waals surface area contributed by atoms with Gasteiger partial charge in [-0.25, -0.2) is 0 Å². The molecule has 8 heteroatoms. The summed E-state index contributed by atoms with van der Waals surface area (Å²) in [5.41, 5.74) is 1.13. The van der Waals surface area contributed by atoms with Crippen molar-refractivity contribution < 1.29 is 23.9 Å². The van der Waals surface area contributed by atoms with Crippen molar-refractivity contribution in [3.63, 3.8) is 0 Å². The van der Waals surface area contributed by atoms with Gasteiger partial charge in [0, 0.05) is 23.7 Å². The Morgan fingerprint density at radius 2 is 2.00 bits per heavy atom. The number of amides is 2. The van der Waals surface area contributed by atoms with E-state index in [4.69, 9.17) is 21.1 Å². The molecule has 1 atom stereocenters. The van der Waals surface area contributed by atoms with Gasteiger partial charge < -0.3 is 19.7 Å². The molecular weight excluding hydrogens is 396 g/mol. The Morgan fingerprint density at radius 3 is 2.76 bits per heavy atom. The van der Waals surface area contributed by atoms with Crippen LogP contribution in [0, 0.1) is 5.92 Å². The highest BCUT2D eigenvalue weighted by atomic mass is 35.5. The Labute approximate surface area is 173 Å². The van der Waals surface area contributed by atoms with Crippen LogP contribution >= 0.6 is 11.6 Å². The molecular formula is C21H21ClN2O5. The zero-order valence-electron chi connectivity index (χ0n) is 15.9. The van der Waals surface area contributed by atoms with Gasteiger partial charge in [0.05, 0.1) is 18.2 Å². The fraction of sp³-hybridized carbons (Fsp3) is 0.286. The van der Waals surface area contributed by atoms with Crippen molar-refractivity contribution in [3.8, 4) is 5.75 Å². The number of carbonyl (C=O) groups excluding carboxylic acids is 3. The summed E-state index contributed by atoms with van der Waals surface area (Å²) in [6.45, 7) is 2.05. The van der Waals surface area contributed by atoms with E-state index in [1.807, 2.05) is 6.92 Å². The quantitative estimate of drug-likeness (QED) is 0.700. The first-order valence-electron chi connectivity index (χ1n) is 9.22. The average molecular weight is 417 g/mol. The van der Waals surface area contributed by atoms with Gasteiger partial charge in [0.1, 0.15) is 5.75 Å². The first-order chi connectivity index (χ1) is 14.0. The number of anilines is 2. The number of nitrogens with one attached hydrogen (secondary N) is 1. The molecule has 1 unspecified atom stereocenters. The van der Waals surface area contributed by atoms with E-state index in [-0.39, 0.29) is 18.9 Å². The van der Waals surface area contributed by atoms with Crippen molar-refractivity contribution in [1.82, 2.24) is 0 Å². The molecule has 0 radical (unpaired) electrons. The van der Waals surface area contributed by atoms with Crippen LogP contribution < -0.4 is 15.0 Å². The van der Waals surface area contributed by atoms with E-state index < -0.39 is 24.4 Å². The summed E-state index contributed by atoms with van der Waals surface area (Å²) in [6, 6.07) is 13.9. The van der Waals surface area contributed by atoms with E-state index in [2.05, 4.69) is 5.32 Å². The van der Waals surface area contributed by atoms with Crippen LogP contribution in [-0.2, 0) is 19.1 Å². The molecule has 0 aliphatic carbocycles. The summed E-state index contributed by atoms with van der Waals surface area (Å²) in [4.78, 5) is 38.2. The second kappa shape index (κ2) is 9.43. The van der Waals surface area contributed by atoms with E-state index >= 15 is 0 Å². The van der Waals surface area contributed by atoms with E-state index in [1.54, 1.807) is 48.5 Å². The predicted molar refractivity (Wildman–Crippen MR) is 109 cm³/mol. The number of halogens is 1. The average Bonchev–Trinajstić information content (AvgIpc) is 3.10. The highest BCUT2D eigenvalue weighted by molar-refractivity contribution is 6.31. The molecule has 1 aliphatic heterocycles. The Kier molecular flexibility index (Phi) is 6.72. The summed E-state index contributed by atoms with van der Waals surface area (Å²) in [5.74, 6) is -1.36. The molecule has 0 spiro atoms. The van der Waals surface area contributed by atoms with E-state index in [9.17, 15) is 14.4 Å². The second-order valence-electron chi connectivity index (χ2n) is 6.47. The smallest absolute Gasteiger partial charge is 0.311 e. The second-order valence-corrected chi connectivity index (χ2v) is 6.91. The lowest BCUT2D eigenvalue weighted by atomic mass is 10.1. The summed E-state index contributed by atoms with van der Waals surface area (Å²) >= 11 is 5.97. The largest absolute Gasteiger partial charge is 0.492 e. The maximum absolute atomic E-state index is 12.3. The van der Waals surface area contributed by atoms with Crippen molar-refractivity contribution in [2.45, 2.75) is 13.3 Å². The molecule has 7 nitrogen and oxygen atoms in total. The van der Waals surface area contributed by atoms with Crippen molar-refractivity contribution in [1.29, 1.82) is 0 Å². The minimum Gasteiger partial charge on any atom is -0.492 e. The SMILES string of the molecule is CCOc1ccccc1NC(=O)COC(=O)C1CC(=O)N(c2cccc(Cl)c2)C1. The van der Waals surface area contributed by atoms with Crippen molar-refractivity contribution >= 4 is 40.8 Å². The molecule has 0 saturated carbocycles. The lowest BCUT2D eigenvalue weighted by Gasteiger charge is -2.16. The molecule has 29 heavy (non-hydrogen) atoms. The molecule has 1 fully saturated rings. The van der Waals surface area contributed by atoms with E-state index in [0.29, 0.717) is 28.8 Å². The van der Waals surface area contributed by atoms with Gasteiger partial charge in [-0.1, -0.05) is 29.8 Å². The lowest BCUT2D eigenvalue weighted by Crippen LogP contribution is -2.28. The van der Waals surface area contributed by atoms with Gasteiger partial charge in [0.15, 0.2) is 6.61 Å². The molecule has 2 aromatic carbocycles. The van der Waals surface area contributed by atoms with Crippen LogP contribution in [0.2, 0.25) is 5.02 Å². The van der Waals surface area contributed by atoms with Gasteiger partial charge in [-0.3, -0.25) is 14.4 Å². The number of benzene rings is 2. The third-order valence-corrected chi connectivity index (χ3v) is 4.62. The number of rotatable bonds is 7. The topological polar surface area (TPSA) is 84.9 Å². The normalized spacial score (nSPS) is 15.9. The number of hydrogen-bond donors (Lipinski definition) is 1. The third kappa shape index (κ3) is 5.26. The molecule has 1 saturated heterocycles. The number of esters is 1. The van der Waals surface area contributed by atoms with Crippen molar-refractivity contribution in [2.24, 2.45) is 5.92 Å². The molecule has 1 aliphatic rings. The van der Waals surface area contributed by atoms with E-state index in [0.717, 1.165) is 0 Å². The summed E-state index contributed by atoms with van der Waals surface area (Å²) in [7, 11) is 0.